The summed E-state index contributed by atoms with van der Waals surface area (Å²) in [7, 11) is -4.02. The Morgan fingerprint density at radius 3 is 1.94 bits per heavy atom. The third-order valence-electron chi connectivity index (χ3n) is 4.31. The van der Waals surface area contributed by atoms with Crippen molar-refractivity contribution in [1.29, 1.82) is 0 Å². The second-order valence-electron chi connectivity index (χ2n) is 6.49. The third-order valence-corrected chi connectivity index (χ3v) is 6.92. The van der Waals surface area contributed by atoms with Gasteiger partial charge >= 0.3 is 7.60 Å². The van der Waals surface area contributed by atoms with Crippen molar-refractivity contribution in [1.82, 2.24) is 10.2 Å². The molecular weight excluding hydrogens is 451 g/mol. The van der Waals surface area contributed by atoms with Gasteiger partial charge in [0.1, 0.15) is 17.0 Å². The second-order valence-corrected chi connectivity index (χ2v) is 9.28. The molecule has 1 heterocycles. The zero-order valence-corrected chi connectivity index (χ0v) is 18.2. The van der Waals surface area contributed by atoms with Crippen LogP contribution in [-0.4, -0.2) is 15.1 Å². The summed E-state index contributed by atoms with van der Waals surface area (Å²) in [6.45, 7) is 0. The van der Waals surface area contributed by atoms with Crippen LogP contribution in [-0.2, 0) is 4.57 Å². The largest absolute Gasteiger partial charge is 0.457 e. The molecule has 0 saturated heterocycles. The molecule has 0 aliphatic rings. The van der Waals surface area contributed by atoms with E-state index in [9.17, 15) is 14.7 Å². The van der Waals surface area contributed by atoms with Gasteiger partial charge < -0.3 is 14.4 Å². The van der Waals surface area contributed by atoms with Crippen LogP contribution in [0.2, 0.25) is 0 Å². The van der Waals surface area contributed by atoms with Gasteiger partial charge in [0.05, 0.1) is 4.92 Å². The molecule has 9 nitrogen and oxygen atoms in total. The summed E-state index contributed by atoms with van der Waals surface area (Å²) in [4.78, 5) is 10.6. The van der Waals surface area contributed by atoms with Crippen molar-refractivity contribution < 1.29 is 18.5 Å². The minimum absolute atomic E-state index is 0.0915. The molecule has 1 aromatic heterocycles. The van der Waals surface area contributed by atoms with Crippen LogP contribution in [0, 0.1) is 10.1 Å². The Morgan fingerprint density at radius 2 is 1.47 bits per heavy atom. The highest BCUT2D eigenvalue weighted by Crippen LogP contribution is 2.60. The lowest BCUT2D eigenvalue weighted by molar-refractivity contribution is -0.384. The quantitative estimate of drug-likeness (QED) is 0.183. The number of hydrogen-bond donors (Lipinski definition) is 1. The van der Waals surface area contributed by atoms with E-state index < -0.39 is 18.3 Å². The fraction of sp³-hybridized carbons (Fsp3) is 0.0476. The minimum Gasteiger partial charge on any atom is -0.414 e. The number of hydrogen-bond acceptors (Lipinski definition) is 9. The number of benzene rings is 3. The van der Waals surface area contributed by atoms with Gasteiger partial charge in [-0.25, -0.2) is 4.57 Å². The molecule has 1 atom stereocenters. The average molecular weight is 468 g/mol. The number of nitro benzene ring substituents is 1. The molecular formula is C21H17N4O5PS. The Hall–Kier alpha value is -3.75. The number of anilines is 1. The van der Waals surface area contributed by atoms with Gasteiger partial charge in [0, 0.05) is 12.1 Å². The predicted octanol–water partition coefficient (Wildman–Crippen LogP) is 5.91. The van der Waals surface area contributed by atoms with Gasteiger partial charge in [-0.1, -0.05) is 47.7 Å². The van der Waals surface area contributed by atoms with Crippen LogP contribution in [0.1, 0.15) is 11.3 Å². The first-order valence-electron chi connectivity index (χ1n) is 9.39. The zero-order valence-electron chi connectivity index (χ0n) is 16.5. The van der Waals surface area contributed by atoms with E-state index in [-0.39, 0.29) is 5.69 Å². The van der Waals surface area contributed by atoms with E-state index in [1.807, 2.05) is 12.1 Å². The van der Waals surface area contributed by atoms with Crippen LogP contribution < -0.4 is 14.4 Å². The topological polar surface area (TPSA) is 116 Å². The number of aromatic nitrogens is 2. The van der Waals surface area contributed by atoms with Crippen molar-refractivity contribution in [3.05, 3.63) is 106 Å². The third kappa shape index (κ3) is 5.11. The predicted molar refractivity (Wildman–Crippen MR) is 121 cm³/mol. The van der Waals surface area contributed by atoms with E-state index in [2.05, 4.69) is 15.5 Å². The molecule has 0 spiro atoms. The Morgan fingerprint density at radius 1 is 0.906 bits per heavy atom. The van der Waals surface area contributed by atoms with Crippen molar-refractivity contribution in [2.24, 2.45) is 0 Å². The van der Waals surface area contributed by atoms with E-state index in [0.717, 1.165) is 0 Å². The average Bonchev–Trinajstić information content (AvgIpc) is 3.32. The van der Waals surface area contributed by atoms with Gasteiger partial charge in [0.2, 0.25) is 5.13 Å². The molecule has 0 aliphatic heterocycles. The second kappa shape index (κ2) is 9.59. The molecule has 4 rings (SSSR count). The van der Waals surface area contributed by atoms with Crippen LogP contribution in [0.25, 0.3) is 0 Å². The molecule has 3 aromatic carbocycles. The van der Waals surface area contributed by atoms with Crippen LogP contribution in [0.4, 0.5) is 10.8 Å². The number of rotatable bonds is 9. The lowest BCUT2D eigenvalue weighted by atomic mass is 10.2. The molecule has 0 fully saturated rings. The highest BCUT2D eigenvalue weighted by Gasteiger charge is 2.41. The van der Waals surface area contributed by atoms with E-state index in [1.165, 1.54) is 41.1 Å². The summed E-state index contributed by atoms with van der Waals surface area (Å²) in [5.41, 5.74) is 1.89. The highest BCUT2D eigenvalue weighted by molar-refractivity contribution is 7.55. The number of nitrogens with one attached hydrogen (secondary N) is 1. The molecule has 0 saturated carbocycles. The molecule has 11 heteroatoms. The first kappa shape index (κ1) is 21.5. The molecule has 4 aromatic rings. The number of nitrogens with zero attached hydrogens (tertiary/aromatic N) is 3. The van der Waals surface area contributed by atoms with E-state index in [0.29, 0.717) is 22.2 Å². The van der Waals surface area contributed by atoms with Crippen molar-refractivity contribution in [2.75, 3.05) is 5.32 Å². The Kier molecular flexibility index (Phi) is 6.44. The summed E-state index contributed by atoms with van der Waals surface area (Å²) in [5, 5.41) is 22.3. The van der Waals surface area contributed by atoms with Gasteiger partial charge in [0.25, 0.3) is 5.69 Å². The summed E-state index contributed by atoms with van der Waals surface area (Å²) in [6, 6.07) is 23.0. The smallest absolute Gasteiger partial charge is 0.414 e. The summed E-state index contributed by atoms with van der Waals surface area (Å²) < 4.78 is 26.2. The number of non-ortho nitro benzene ring substituents is 1. The van der Waals surface area contributed by atoms with E-state index in [1.54, 1.807) is 48.5 Å². The highest BCUT2D eigenvalue weighted by atomic mass is 32.1. The van der Waals surface area contributed by atoms with Gasteiger partial charge in [-0.15, -0.1) is 10.2 Å². The summed E-state index contributed by atoms with van der Waals surface area (Å²) in [5.74, 6) is -0.341. The van der Waals surface area contributed by atoms with Crippen molar-refractivity contribution in [3.8, 4) is 11.5 Å². The van der Waals surface area contributed by atoms with Crippen molar-refractivity contribution in [3.63, 3.8) is 0 Å². The van der Waals surface area contributed by atoms with Gasteiger partial charge in [-0.3, -0.25) is 10.1 Å². The molecule has 0 bridgehead atoms. The van der Waals surface area contributed by atoms with Crippen molar-refractivity contribution >= 4 is 29.8 Å². The minimum atomic E-state index is -4.02. The lowest BCUT2D eigenvalue weighted by Crippen LogP contribution is -2.18. The maximum Gasteiger partial charge on any atom is 0.457 e. The zero-order chi connectivity index (χ0) is 22.4. The number of para-hydroxylation sites is 2. The Balaban J connectivity index is 1.79. The van der Waals surface area contributed by atoms with Crippen molar-refractivity contribution in [2.45, 2.75) is 5.78 Å². The first-order valence-corrected chi connectivity index (χ1v) is 11.9. The Labute approximate surface area is 187 Å². The van der Waals surface area contributed by atoms with E-state index in [4.69, 9.17) is 9.05 Å². The first-order chi connectivity index (χ1) is 15.5. The van der Waals surface area contributed by atoms with Crippen LogP contribution in [0.5, 0.6) is 11.5 Å². The molecule has 0 aliphatic carbocycles. The standard InChI is InChI=1S/C21H17N4O5PS/c26-25(27)17-13-11-16(12-14-17)20(23-21-24-22-15-32-21)31(28,29-18-7-3-1-4-8-18)30-19-9-5-2-6-10-19/h1-15,20H,(H,23,24)/t20-/m0/s1. The molecule has 162 valence electrons. The van der Waals surface area contributed by atoms with Crippen LogP contribution in [0.15, 0.2) is 90.4 Å². The normalized spacial score (nSPS) is 12.0. The Bertz CT molecular complexity index is 1160. The molecule has 0 amide bonds. The molecule has 1 N–H and O–H groups in total. The summed E-state index contributed by atoms with van der Waals surface area (Å²) >= 11 is 1.21. The maximum absolute atomic E-state index is 14.3. The molecule has 32 heavy (non-hydrogen) atoms. The van der Waals surface area contributed by atoms with Crippen LogP contribution in [0.3, 0.4) is 0 Å². The van der Waals surface area contributed by atoms with Gasteiger partial charge in [-0.05, 0) is 42.0 Å². The fourth-order valence-corrected chi connectivity index (χ4v) is 5.32. The number of nitro groups is 1. The summed E-state index contributed by atoms with van der Waals surface area (Å²) in [6.07, 6.45) is 0. The maximum atomic E-state index is 14.3. The van der Waals surface area contributed by atoms with Gasteiger partial charge in [0.15, 0.2) is 5.78 Å². The molecule has 0 radical (unpaired) electrons. The monoisotopic (exact) mass is 468 g/mol. The lowest BCUT2D eigenvalue weighted by Gasteiger charge is -2.28. The van der Waals surface area contributed by atoms with Crippen LogP contribution >= 0.6 is 18.9 Å². The fourth-order valence-electron chi connectivity index (χ4n) is 2.86. The SMILES string of the molecule is O=[N+]([O-])c1ccc([C@@H](Nc2nncs2)P(=O)(Oc2ccccc2)Oc2ccccc2)cc1. The van der Waals surface area contributed by atoms with Gasteiger partial charge in [-0.2, -0.15) is 0 Å². The molecule has 0 unspecified atom stereocenters. The van der Waals surface area contributed by atoms with E-state index >= 15 is 0 Å².